The first-order chi connectivity index (χ1) is 13.2. The summed E-state index contributed by atoms with van der Waals surface area (Å²) < 4.78 is 50.9. The third kappa shape index (κ3) is 5.56. The quantitative estimate of drug-likeness (QED) is 0.470. The first-order valence-corrected chi connectivity index (χ1v) is 9.99. The average molecular weight is 407 g/mol. The summed E-state index contributed by atoms with van der Waals surface area (Å²) >= 11 is 0. The van der Waals surface area contributed by atoms with Crippen LogP contribution in [0.1, 0.15) is 13.8 Å². The van der Waals surface area contributed by atoms with Gasteiger partial charge in [-0.1, -0.05) is 18.7 Å². The van der Waals surface area contributed by atoms with Gasteiger partial charge in [-0.05, 0) is 50.2 Å². The van der Waals surface area contributed by atoms with Gasteiger partial charge in [0, 0.05) is 6.07 Å². The van der Waals surface area contributed by atoms with Crippen molar-refractivity contribution in [3.05, 3.63) is 67.0 Å². The van der Waals surface area contributed by atoms with E-state index in [0.29, 0.717) is 5.75 Å². The van der Waals surface area contributed by atoms with Gasteiger partial charge in [0.25, 0.3) is 10.0 Å². The second-order valence-corrected chi connectivity index (χ2v) is 7.96. The summed E-state index contributed by atoms with van der Waals surface area (Å²) in [6, 6.07) is 10.7. The summed E-state index contributed by atoms with van der Waals surface area (Å²) in [6.45, 7) is 6.60. The number of sulfonamides is 1. The van der Waals surface area contributed by atoms with E-state index in [1.807, 2.05) is 0 Å². The Labute approximate surface area is 164 Å². The molecule has 0 aliphatic rings. The SMILES string of the molecule is C=CCOc1cccc(N(CC(=O)OC(C)C)S(=O)(=O)c2ccc(F)cc2)c1. The van der Waals surface area contributed by atoms with E-state index in [-0.39, 0.29) is 17.2 Å². The molecule has 0 atom stereocenters. The lowest BCUT2D eigenvalue weighted by Crippen LogP contribution is -2.37. The Hall–Kier alpha value is -2.87. The van der Waals surface area contributed by atoms with Gasteiger partial charge in [0.05, 0.1) is 16.7 Å². The van der Waals surface area contributed by atoms with Crippen LogP contribution < -0.4 is 9.04 Å². The molecule has 0 amide bonds. The molecule has 0 bridgehead atoms. The highest BCUT2D eigenvalue weighted by Gasteiger charge is 2.28. The van der Waals surface area contributed by atoms with Crippen molar-refractivity contribution in [1.29, 1.82) is 0 Å². The molecule has 2 aromatic carbocycles. The summed E-state index contributed by atoms with van der Waals surface area (Å²) in [6.07, 6.45) is 1.16. The topological polar surface area (TPSA) is 72.9 Å². The summed E-state index contributed by atoms with van der Waals surface area (Å²) in [7, 11) is -4.15. The van der Waals surface area contributed by atoms with E-state index in [9.17, 15) is 17.6 Å². The number of carbonyl (C=O) groups is 1. The molecule has 0 heterocycles. The maximum atomic E-state index is 13.2. The normalized spacial score (nSPS) is 11.1. The van der Waals surface area contributed by atoms with Crippen LogP contribution in [0.25, 0.3) is 0 Å². The zero-order valence-electron chi connectivity index (χ0n) is 15.7. The maximum absolute atomic E-state index is 13.2. The predicted molar refractivity (Wildman–Crippen MR) is 104 cm³/mol. The smallest absolute Gasteiger partial charge is 0.327 e. The number of rotatable bonds is 9. The summed E-state index contributed by atoms with van der Waals surface area (Å²) in [4.78, 5) is 12.0. The first-order valence-electron chi connectivity index (χ1n) is 8.55. The predicted octanol–water partition coefficient (Wildman–Crippen LogP) is 3.54. The molecular formula is C20H22FNO5S. The van der Waals surface area contributed by atoms with Crippen LogP contribution >= 0.6 is 0 Å². The minimum absolute atomic E-state index is 0.149. The fourth-order valence-corrected chi connectivity index (χ4v) is 3.75. The van der Waals surface area contributed by atoms with E-state index in [0.717, 1.165) is 28.6 Å². The van der Waals surface area contributed by atoms with E-state index < -0.39 is 34.5 Å². The highest BCUT2D eigenvalue weighted by Crippen LogP contribution is 2.27. The third-order valence-electron chi connectivity index (χ3n) is 3.51. The van der Waals surface area contributed by atoms with Gasteiger partial charge in [-0.15, -0.1) is 0 Å². The molecule has 0 N–H and O–H groups in total. The molecule has 0 spiro atoms. The fraction of sp³-hybridized carbons (Fsp3) is 0.250. The molecule has 0 saturated carbocycles. The third-order valence-corrected chi connectivity index (χ3v) is 5.30. The van der Waals surface area contributed by atoms with Crippen molar-refractivity contribution in [2.24, 2.45) is 0 Å². The van der Waals surface area contributed by atoms with Crippen LogP contribution in [0.3, 0.4) is 0 Å². The van der Waals surface area contributed by atoms with Crippen LogP contribution in [0.15, 0.2) is 66.1 Å². The van der Waals surface area contributed by atoms with Crippen LogP contribution in [-0.4, -0.2) is 33.6 Å². The molecule has 2 aromatic rings. The molecule has 6 nitrogen and oxygen atoms in total. The Kier molecular flexibility index (Phi) is 7.17. The summed E-state index contributed by atoms with van der Waals surface area (Å²) in [5.41, 5.74) is 0.214. The first kappa shape index (κ1) is 21.4. The Morgan fingerprint density at radius 1 is 1.21 bits per heavy atom. The molecule has 150 valence electrons. The number of hydrogen-bond donors (Lipinski definition) is 0. The Balaban J connectivity index is 2.46. The molecule has 2 rings (SSSR count). The molecule has 0 aliphatic carbocycles. The van der Waals surface area contributed by atoms with Crippen molar-refractivity contribution in [3.63, 3.8) is 0 Å². The van der Waals surface area contributed by atoms with Crippen molar-refractivity contribution in [3.8, 4) is 5.75 Å². The van der Waals surface area contributed by atoms with Crippen LogP contribution in [-0.2, 0) is 19.6 Å². The van der Waals surface area contributed by atoms with Crippen LogP contribution in [0.2, 0.25) is 0 Å². The molecule has 28 heavy (non-hydrogen) atoms. The van der Waals surface area contributed by atoms with Crippen molar-refractivity contribution < 1.29 is 27.1 Å². The number of anilines is 1. The van der Waals surface area contributed by atoms with Crippen LogP contribution in [0, 0.1) is 5.82 Å². The van der Waals surface area contributed by atoms with Crippen molar-refractivity contribution in [1.82, 2.24) is 0 Å². The van der Waals surface area contributed by atoms with E-state index in [1.54, 1.807) is 32.1 Å². The minimum atomic E-state index is -4.15. The molecule has 0 aromatic heterocycles. The zero-order valence-corrected chi connectivity index (χ0v) is 16.5. The lowest BCUT2D eigenvalue weighted by molar-refractivity contribution is -0.145. The van der Waals surface area contributed by atoms with Gasteiger partial charge in [-0.2, -0.15) is 0 Å². The van der Waals surface area contributed by atoms with Crippen molar-refractivity contribution >= 4 is 21.7 Å². The molecular weight excluding hydrogens is 385 g/mol. The van der Waals surface area contributed by atoms with E-state index in [1.165, 1.54) is 12.1 Å². The number of halogens is 1. The van der Waals surface area contributed by atoms with Crippen LogP contribution in [0.4, 0.5) is 10.1 Å². The number of carbonyl (C=O) groups excluding carboxylic acids is 1. The van der Waals surface area contributed by atoms with Gasteiger partial charge in [0.15, 0.2) is 0 Å². The standard InChI is InChI=1S/C20H22FNO5S/c1-4-12-26-18-7-5-6-17(13-18)22(14-20(23)27-15(2)3)28(24,25)19-10-8-16(21)9-11-19/h4-11,13,15H,1,12,14H2,2-3H3. The van der Waals surface area contributed by atoms with Gasteiger partial charge < -0.3 is 9.47 Å². The Morgan fingerprint density at radius 3 is 2.50 bits per heavy atom. The number of ether oxygens (including phenoxy) is 2. The van der Waals surface area contributed by atoms with E-state index in [2.05, 4.69) is 6.58 Å². The second kappa shape index (κ2) is 9.36. The number of benzene rings is 2. The number of esters is 1. The highest BCUT2D eigenvalue weighted by molar-refractivity contribution is 7.92. The molecule has 0 saturated heterocycles. The minimum Gasteiger partial charge on any atom is -0.489 e. The zero-order chi connectivity index (χ0) is 20.7. The van der Waals surface area contributed by atoms with Gasteiger partial charge in [0.1, 0.15) is 24.7 Å². The second-order valence-electron chi connectivity index (χ2n) is 6.10. The van der Waals surface area contributed by atoms with Crippen molar-refractivity contribution in [2.45, 2.75) is 24.8 Å². The number of hydrogen-bond acceptors (Lipinski definition) is 5. The summed E-state index contributed by atoms with van der Waals surface area (Å²) in [5, 5.41) is 0. The molecule has 0 aliphatic heterocycles. The van der Waals surface area contributed by atoms with Crippen LogP contribution in [0.5, 0.6) is 5.75 Å². The highest BCUT2D eigenvalue weighted by atomic mass is 32.2. The van der Waals surface area contributed by atoms with Gasteiger partial charge >= 0.3 is 5.97 Å². The Bertz CT molecular complexity index is 926. The van der Waals surface area contributed by atoms with Gasteiger partial charge in [-0.3, -0.25) is 9.10 Å². The average Bonchev–Trinajstić information content (AvgIpc) is 2.64. The summed E-state index contributed by atoms with van der Waals surface area (Å²) in [5.74, 6) is -0.864. The largest absolute Gasteiger partial charge is 0.489 e. The molecule has 8 heteroatoms. The molecule has 0 radical (unpaired) electrons. The Morgan fingerprint density at radius 2 is 1.89 bits per heavy atom. The maximum Gasteiger partial charge on any atom is 0.327 e. The van der Waals surface area contributed by atoms with Gasteiger partial charge in [0.2, 0.25) is 0 Å². The number of nitrogens with zero attached hydrogens (tertiary/aromatic N) is 1. The molecule has 0 fully saturated rings. The van der Waals surface area contributed by atoms with E-state index >= 15 is 0 Å². The molecule has 0 unspecified atom stereocenters. The van der Waals surface area contributed by atoms with Crippen molar-refractivity contribution in [2.75, 3.05) is 17.5 Å². The lowest BCUT2D eigenvalue weighted by Gasteiger charge is -2.24. The lowest BCUT2D eigenvalue weighted by atomic mass is 10.3. The van der Waals surface area contributed by atoms with Gasteiger partial charge in [-0.25, -0.2) is 12.8 Å². The van der Waals surface area contributed by atoms with E-state index in [4.69, 9.17) is 9.47 Å². The monoisotopic (exact) mass is 407 g/mol. The fourth-order valence-electron chi connectivity index (χ4n) is 2.35.